The molecule has 1 saturated heterocycles. The quantitative estimate of drug-likeness (QED) is 0.665. The Balaban J connectivity index is 2.47. The van der Waals surface area contributed by atoms with Crippen molar-refractivity contribution in [2.75, 3.05) is 32.1 Å². The lowest BCUT2D eigenvalue weighted by Crippen LogP contribution is -2.36. The zero-order valence-corrected chi connectivity index (χ0v) is 12.3. The van der Waals surface area contributed by atoms with Crippen LogP contribution in [0.15, 0.2) is 18.2 Å². The summed E-state index contributed by atoms with van der Waals surface area (Å²) in [5, 5.41) is 11.2. The van der Waals surface area contributed by atoms with Gasteiger partial charge in [0.1, 0.15) is 5.69 Å². The lowest BCUT2D eigenvalue weighted by Gasteiger charge is -2.26. The molecule has 1 fully saturated rings. The van der Waals surface area contributed by atoms with E-state index in [0.717, 1.165) is 19.4 Å². The van der Waals surface area contributed by atoms with Crippen molar-refractivity contribution in [1.82, 2.24) is 4.90 Å². The van der Waals surface area contributed by atoms with Gasteiger partial charge in [0, 0.05) is 44.9 Å². The van der Waals surface area contributed by atoms with Crippen molar-refractivity contribution < 1.29 is 9.72 Å². The van der Waals surface area contributed by atoms with Crippen molar-refractivity contribution in [3.8, 4) is 0 Å². The van der Waals surface area contributed by atoms with E-state index in [4.69, 9.17) is 5.73 Å². The van der Waals surface area contributed by atoms with Gasteiger partial charge in [0.2, 0.25) is 0 Å². The van der Waals surface area contributed by atoms with E-state index >= 15 is 0 Å². The number of hydrogen-bond donors (Lipinski definition) is 1. The minimum absolute atomic E-state index is 0.0191. The number of amides is 1. The Morgan fingerprint density at radius 1 is 1.52 bits per heavy atom. The van der Waals surface area contributed by atoms with E-state index in [1.165, 1.54) is 17.0 Å². The second kappa shape index (κ2) is 6.09. The second-order valence-electron chi connectivity index (χ2n) is 5.39. The van der Waals surface area contributed by atoms with Gasteiger partial charge in [-0.05, 0) is 25.0 Å². The van der Waals surface area contributed by atoms with E-state index < -0.39 is 4.92 Å². The predicted octanol–water partition coefficient (Wildman–Crippen LogP) is 1.22. The zero-order valence-electron chi connectivity index (χ0n) is 12.3. The van der Waals surface area contributed by atoms with E-state index in [2.05, 4.69) is 0 Å². The zero-order chi connectivity index (χ0) is 15.6. The van der Waals surface area contributed by atoms with Crippen LogP contribution in [-0.2, 0) is 0 Å². The van der Waals surface area contributed by atoms with Crippen molar-refractivity contribution in [3.63, 3.8) is 0 Å². The molecule has 0 saturated carbocycles. The van der Waals surface area contributed by atoms with E-state index in [1.807, 2.05) is 4.90 Å². The Morgan fingerprint density at radius 2 is 2.24 bits per heavy atom. The van der Waals surface area contributed by atoms with Gasteiger partial charge in [0.05, 0.1) is 4.92 Å². The molecular weight excluding hydrogens is 272 g/mol. The molecule has 7 heteroatoms. The summed E-state index contributed by atoms with van der Waals surface area (Å²) in [7, 11) is 3.31. The summed E-state index contributed by atoms with van der Waals surface area (Å²) in [6.07, 6.45) is 1.87. The molecule has 0 spiro atoms. The normalized spacial score (nSPS) is 17.9. The third-order valence-electron chi connectivity index (χ3n) is 3.78. The van der Waals surface area contributed by atoms with Gasteiger partial charge in [-0.3, -0.25) is 14.9 Å². The van der Waals surface area contributed by atoms with Crippen LogP contribution in [-0.4, -0.2) is 49.0 Å². The summed E-state index contributed by atoms with van der Waals surface area (Å²) in [6.45, 7) is 1.17. The number of hydrogen-bond acceptors (Lipinski definition) is 5. The third kappa shape index (κ3) is 2.97. The average Bonchev–Trinajstić information content (AvgIpc) is 2.93. The fourth-order valence-electron chi connectivity index (χ4n) is 2.70. The van der Waals surface area contributed by atoms with E-state index in [0.29, 0.717) is 17.8 Å². The lowest BCUT2D eigenvalue weighted by molar-refractivity contribution is -0.384. The van der Waals surface area contributed by atoms with Crippen LogP contribution in [0.3, 0.4) is 0 Å². The number of carbonyl (C=O) groups excluding carboxylic acids is 1. The first-order chi connectivity index (χ1) is 9.95. The molecular formula is C14H20N4O3. The van der Waals surface area contributed by atoms with E-state index in [1.54, 1.807) is 20.2 Å². The first-order valence-corrected chi connectivity index (χ1v) is 6.92. The van der Waals surface area contributed by atoms with Gasteiger partial charge in [0.15, 0.2) is 0 Å². The molecule has 21 heavy (non-hydrogen) atoms. The summed E-state index contributed by atoms with van der Waals surface area (Å²) in [4.78, 5) is 26.3. The molecule has 1 aliphatic heterocycles. The summed E-state index contributed by atoms with van der Waals surface area (Å²) in [5.74, 6) is -0.172. The van der Waals surface area contributed by atoms with Gasteiger partial charge < -0.3 is 15.5 Å². The molecule has 1 aromatic rings. The minimum Gasteiger partial charge on any atom is -0.362 e. The molecule has 1 atom stereocenters. The highest BCUT2D eigenvalue weighted by Crippen LogP contribution is 2.34. The molecule has 2 N–H and O–H groups in total. The molecule has 0 bridgehead atoms. The van der Waals surface area contributed by atoms with Crippen molar-refractivity contribution in [2.24, 2.45) is 5.73 Å². The maximum Gasteiger partial charge on any atom is 0.292 e. The van der Waals surface area contributed by atoms with E-state index in [9.17, 15) is 14.9 Å². The van der Waals surface area contributed by atoms with Crippen molar-refractivity contribution in [3.05, 3.63) is 33.9 Å². The molecule has 1 heterocycles. The summed E-state index contributed by atoms with van der Waals surface area (Å²) in [6, 6.07) is 4.59. The summed E-state index contributed by atoms with van der Waals surface area (Å²) < 4.78 is 0. The second-order valence-corrected chi connectivity index (χ2v) is 5.39. The number of benzene rings is 1. The van der Waals surface area contributed by atoms with Crippen LogP contribution in [0, 0.1) is 10.1 Å². The maximum atomic E-state index is 12.1. The van der Waals surface area contributed by atoms with Crippen LogP contribution < -0.4 is 10.6 Å². The number of nitro groups is 1. The van der Waals surface area contributed by atoms with Crippen LogP contribution in [0.4, 0.5) is 11.4 Å². The van der Waals surface area contributed by atoms with Crippen LogP contribution in [0.25, 0.3) is 0 Å². The van der Waals surface area contributed by atoms with Gasteiger partial charge in [-0.15, -0.1) is 0 Å². The number of anilines is 1. The lowest BCUT2D eigenvalue weighted by atomic mass is 10.1. The smallest absolute Gasteiger partial charge is 0.292 e. The fraction of sp³-hybridized carbons (Fsp3) is 0.500. The van der Waals surface area contributed by atoms with Gasteiger partial charge in [0.25, 0.3) is 11.6 Å². The third-order valence-corrected chi connectivity index (χ3v) is 3.78. The number of nitrogens with zero attached hydrogens (tertiary/aromatic N) is 3. The molecule has 1 unspecified atom stereocenters. The highest BCUT2D eigenvalue weighted by Gasteiger charge is 2.29. The first-order valence-electron chi connectivity index (χ1n) is 6.92. The Labute approximate surface area is 123 Å². The fourth-order valence-corrected chi connectivity index (χ4v) is 2.70. The van der Waals surface area contributed by atoms with E-state index in [-0.39, 0.29) is 17.6 Å². The van der Waals surface area contributed by atoms with Crippen molar-refractivity contribution >= 4 is 17.3 Å². The summed E-state index contributed by atoms with van der Waals surface area (Å²) >= 11 is 0. The molecule has 7 nitrogen and oxygen atoms in total. The number of nitrogens with two attached hydrogens (primary N) is 1. The van der Waals surface area contributed by atoms with Gasteiger partial charge in [-0.25, -0.2) is 0 Å². The van der Waals surface area contributed by atoms with Crippen LogP contribution in [0.5, 0.6) is 0 Å². The maximum absolute atomic E-state index is 12.1. The molecule has 0 radical (unpaired) electrons. The molecule has 1 aromatic carbocycles. The summed E-state index contributed by atoms with van der Waals surface area (Å²) in [5.41, 5.74) is 6.70. The topological polar surface area (TPSA) is 92.7 Å². The van der Waals surface area contributed by atoms with Crippen molar-refractivity contribution in [1.29, 1.82) is 0 Å². The SMILES string of the molecule is CN(C)C(=O)c1ccc([N+](=O)[O-])c(N2CCCC2CN)c1. The van der Waals surface area contributed by atoms with Crippen LogP contribution in [0.1, 0.15) is 23.2 Å². The first kappa shape index (κ1) is 15.2. The number of nitro benzene ring substituents is 1. The number of rotatable bonds is 4. The molecule has 1 aliphatic rings. The highest BCUT2D eigenvalue weighted by atomic mass is 16.6. The standard InChI is InChI=1S/C14H20N4O3/c1-16(2)14(19)10-5-6-12(18(20)21)13(8-10)17-7-3-4-11(17)9-15/h5-6,8,11H,3-4,7,9,15H2,1-2H3. The average molecular weight is 292 g/mol. The van der Waals surface area contributed by atoms with Crippen LogP contribution >= 0.6 is 0 Å². The Bertz CT molecular complexity index is 559. The minimum atomic E-state index is -0.412. The Hall–Kier alpha value is -2.15. The van der Waals surface area contributed by atoms with Gasteiger partial charge in [-0.1, -0.05) is 0 Å². The monoisotopic (exact) mass is 292 g/mol. The van der Waals surface area contributed by atoms with Gasteiger partial charge >= 0.3 is 0 Å². The highest BCUT2D eigenvalue weighted by molar-refractivity contribution is 5.95. The molecule has 2 rings (SSSR count). The largest absolute Gasteiger partial charge is 0.362 e. The molecule has 0 aliphatic carbocycles. The van der Waals surface area contributed by atoms with Crippen LogP contribution in [0.2, 0.25) is 0 Å². The molecule has 0 aromatic heterocycles. The van der Waals surface area contributed by atoms with Crippen molar-refractivity contribution in [2.45, 2.75) is 18.9 Å². The Morgan fingerprint density at radius 3 is 2.81 bits per heavy atom. The Kier molecular flexibility index (Phi) is 4.42. The molecule has 114 valence electrons. The number of carbonyl (C=O) groups is 1. The molecule has 1 amide bonds. The van der Waals surface area contributed by atoms with Gasteiger partial charge in [-0.2, -0.15) is 0 Å². The predicted molar refractivity (Wildman–Crippen MR) is 80.5 cm³/mol.